The molecule has 5 heteroatoms. The molecule has 0 radical (unpaired) electrons. The van der Waals surface area contributed by atoms with Crippen molar-refractivity contribution in [1.82, 2.24) is 4.90 Å². The summed E-state index contributed by atoms with van der Waals surface area (Å²) in [6, 6.07) is 3.80. The Morgan fingerprint density at radius 2 is 2.22 bits per heavy atom. The smallest absolute Gasteiger partial charge is 0.311 e. The second-order valence-electron chi connectivity index (χ2n) is 4.96. The molecule has 0 saturated carbocycles. The number of nitrogens with zero attached hydrogens (tertiary/aromatic N) is 1. The lowest BCUT2D eigenvalue weighted by Gasteiger charge is -2.19. The maximum atomic E-state index is 12.2. The predicted molar refractivity (Wildman–Crippen MR) is 70.0 cm³/mol. The molecule has 98 valence electrons. The summed E-state index contributed by atoms with van der Waals surface area (Å²) >= 11 is 1.50. The van der Waals surface area contributed by atoms with Crippen LogP contribution in [0, 0.1) is 5.41 Å². The third-order valence-corrected chi connectivity index (χ3v) is 4.72. The van der Waals surface area contributed by atoms with E-state index in [-0.39, 0.29) is 5.91 Å². The lowest BCUT2D eigenvalue weighted by atomic mass is 9.90. The number of hydrogen-bond acceptors (Lipinski definition) is 3. The van der Waals surface area contributed by atoms with Gasteiger partial charge < -0.3 is 10.0 Å². The average molecular weight is 267 g/mol. The molecule has 18 heavy (non-hydrogen) atoms. The van der Waals surface area contributed by atoms with E-state index in [1.807, 2.05) is 12.1 Å². The molecule has 4 nitrogen and oxygen atoms in total. The summed E-state index contributed by atoms with van der Waals surface area (Å²) in [5.74, 6) is -0.858. The van der Waals surface area contributed by atoms with Gasteiger partial charge >= 0.3 is 5.97 Å². The standard InChI is InChI=1S/C13H17NO3S/c1-3-9-4-5-10(18-9)11(15)14-7-6-13(2,8-14)12(16)17/h4-5H,3,6-8H2,1-2H3,(H,16,17)/t13-/m1/s1. The highest BCUT2D eigenvalue weighted by Gasteiger charge is 2.42. The topological polar surface area (TPSA) is 57.6 Å². The van der Waals surface area contributed by atoms with Crippen LogP contribution in [0.3, 0.4) is 0 Å². The van der Waals surface area contributed by atoms with Gasteiger partial charge in [0.25, 0.3) is 5.91 Å². The molecule has 1 aliphatic rings. The minimum atomic E-state index is -0.821. The van der Waals surface area contributed by atoms with E-state index in [2.05, 4.69) is 6.92 Å². The first-order chi connectivity index (χ1) is 8.46. The zero-order valence-electron chi connectivity index (χ0n) is 10.6. The van der Waals surface area contributed by atoms with Gasteiger partial charge in [0.1, 0.15) is 0 Å². The highest BCUT2D eigenvalue weighted by atomic mass is 32.1. The summed E-state index contributed by atoms with van der Waals surface area (Å²) in [5.41, 5.74) is -0.791. The largest absolute Gasteiger partial charge is 0.481 e. The Hall–Kier alpha value is -1.36. The van der Waals surface area contributed by atoms with Crippen LogP contribution >= 0.6 is 11.3 Å². The van der Waals surface area contributed by atoms with Crippen molar-refractivity contribution < 1.29 is 14.7 Å². The molecule has 1 atom stereocenters. The first-order valence-electron chi connectivity index (χ1n) is 6.07. The number of likely N-dealkylation sites (tertiary alicyclic amines) is 1. The van der Waals surface area contributed by atoms with Crippen molar-refractivity contribution in [3.8, 4) is 0 Å². The molecule has 0 aromatic carbocycles. The van der Waals surface area contributed by atoms with Gasteiger partial charge in [0.2, 0.25) is 0 Å². The van der Waals surface area contributed by atoms with Crippen LogP contribution in [0.25, 0.3) is 0 Å². The second kappa shape index (κ2) is 4.72. The van der Waals surface area contributed by atoms with Crippen molar-refractivity contribution in [2.45, 2.75) is 26.7 Å². The van der Waals surface area contributed by atoms with E-state index >= 15 is 0 Å². The highest BCUT2D eigenvalue weighted by molar-refractivity contribution is 7.14. The van der Waals surface area contributed by atoms with Crippen LogP contribution in [-0.4, -0.2) is 35.0 Å². The number of aryl methyl sites for hydroxylation is 1. The van der Waals surface area contributed by atoms with Gasteiger partial charge in [-0.15, -0.1) is 11.3 Å². The van der Waals surface area contributed by atoms with E-state index in [0.717, 1.165) is 6.42 Å². The maximum Gasteiger partial charge on any atom is 0.311 e. The van der Waals surface area contributed by atoms with E-state index in [1.54, 1.807) is 11.8 Å². The fourth-order valence-electron chi connectivity index (χ4n) is 2.15. The van der Waals surface area contributed by atoms with Gasteiger partial charge in [-0.05, 0) is 31.9 Å². The summed E-state index contributed by atoms with van der Waals surface area (Å²) < 4.78 is 0. The molecule has 1 fully saturated rings. The van der Waals surface area contributed by atoms with Gasteiger partial charge in [-0.25, -0.2) is 0 Å². The van der Waals surface area contributed by atoms with E-state index in [9.17, 15) is 9.59 Å². The summed E-state index contributed by atoms with van der Waals surface area (Å²) in [5, 5.41) is 9.15. The van der Waals surface area contributed by atoms with Gasteiger partial charge in [-0.2, -0.15) is 0 Å². The molecule has 1 aromatic heterocycles. The Kier molecular flexibility index (Phi) is 3.43. The summed E-state index contributed by atoms with van der Waals surface area (Å²) in [6.07, 6.45) is 1.45. The van der Waals surface area contributed by atoms with Gasteiger partial charge in [-0.1, -0.05) is 6.92 Å². The summed E-state index contributed by atoms with van der Waals surface area (Å²) in [6.45, 7) is 4.59. The van der Waals surface area contributed by atoms with Crippen LogP contribution in [0.15, 0.2) is 12.1 Å². The molecule has 2 rings (SSSR count). The number of carbonyl (C=O) groups excluding carboxylic acids is 1. The molecule has 2 heterocycles. The number of thiophene rings is 1. The lowest BCUT2D eigenvalue weighted by Crippen LogP contribution is -2.34. The average Bonchev–Trinajstić information content (AvgIpc) is 2.95. The van der Waals surface area contributed by atoms with Crippen LogP contribution in [0.1, 0.15) is 34.8 Å². The fraction of sp³-hybridized carbons (Fsp3) is 0.538. The molecular formula is C13H17NO3S. The number of carboxylic acids is 1. The van der Waals surface area contributed by atoms with Crippen molar-refractivity contribution in [3.05, 3.63) is 21.9 Å². The first-order valence-corrected chi connectivity index (χ1v) is 6.89. The number of amides is 1. The van der Waals surface area contributed by atoms with E-state index < -0.39 is 11.4 Å². The molecule has 0 bridgehead atoms. The highest BCUT2D eigenvalue weighted by Crippen LogP contribution is 2.31. The molecule has 1 aromatic rings. The van der Waals surface area contributed by atoms with Crippen LogP contribution in [0.2, 0.25) is 0 Å². The van der Waals surface area contributed by atoms with Gasteiger partial charge in [0.15, 0.2) is 0 Å². The second-order valence-corrected chi connectivity index (χ2v) is 6.13. The third-order valence-electron chi connectivity index (χ3n) is 3.50. The minimum Gasteiger partial charge on any atom is -0.481 e. The molecule has 0 unspecified atom stereocenters. The predicted octanol–water partition coefficient (Wildman–Crippen LogP) is 2.25. The molecule has 0 aliphatic carbocycles. The molecule has 0 spiro atoms. The number of carboxylic acid groups (broad SMARTS) is 1. The zero-order chi connectivity index (χ0) is 13.3. The molecular weight excluding hydrogens is 250 g/mol. The SMILES string of the molecule is CCc1ccc(C(=O)N2CC[C@@](C)(C(=O)O)C2)s1. The number of aliphatic carboxylic acids is 1. The Morgan fingerprint density at radius 1 is 1.50 bits per heavy atom. The van der Waals surface area contributed by atoms with Gasteiger partial charge in [0, 0.05) is 18.0 Å². The van der Waals surface area contributed by atoms with Crippen LogP contribution in [-0.2, 0) is 11.2 Å². The van der Waals surface area contributed by atoms with Crippen molar-refractivity contribution in [1.29, 1.82) is 0 Å². The van der Waals surface area contributed by atoms with Crippen molar-refractivity contribution in [3.63, 3.8) is 0 Å². The Morgan fingerprint density at radius 3 is 2.72 bits per heavy atom. The maximum absolute atomic E-state index is 12.2. The number of hydrogen-bond donors (Lipinski definition) is 1. The third kappa shape index (κ3) is 2.27. The summed E-state index contributed by atoms with van der Waals surface area (Å²) in [7, 11) is 0. The van der Waals surface area contributed by atoms with Gasteiger partial charge in [-0.3, -0.25) is 9.59 Å². The van der Waals surface area contributed by atoms with Crippen LogP contribution in [0.5, 0.6) is 0 Å². The van der Waals surface area contributed by atoms with Crippen LogP contribution < -0.4 is 0 Å². The Balaban J connectivity index is 2.10. The lowest BCUT2D eigenvalue weighted by molar-refractivity contribution is -0.147. The van der Waals surface area contributed by atoms with Crippen molar-refractivity contribution >= 4 is 23.2 Å². The first kappa shape index (κ1) is 13.1. The Labute approximate surface area is 110 Å². The zero-order valence-corrected chi connectivity index (χ0v) is 11.4. The molecule has 1 saturated heterocycles. The Bertz CT molecular complexity index is 482. The van der Waals surface area contributed by atoms with E-state index in [1.165, 1.54) is 16.2 Å². The number of carbonyl (C=O) groups is 2. The van der Waals surface area contributed by atoms with Crippen molar-refractivity contribution in [2.24, 2.45) is 5.41 Å². The van der Waals surface area contributed by atoms with Crippen LogP contribution in [0.4, 0.5) is 0 Å². The molecule has 1 aliphatic heterocycles. The van der Waals surface area contributed by atoms with Crippen molar-refractivity contribution in [2.75, 3.05) is 13.1 Å². The monoisotopic (exact) mass is 267 g/mol. The normalized spacial score (nSPS) is 23.3. The van der Waals surface area contributed by atoms with E-state index in [0.29, 0.717) is 24.4 Å². The molecule has 1 amide bonds. The fourth-order valence-corrected chi connectivity index (χ4v) is 3.06. The summed E-state index contributed by atoms with van der Waals surface area (Å²) in [4.78, 5) is 26.9. The van der Waals surface area contributed by atoms with Gasteiger partial charge in [0.05, 0.1) is 10.3 Å². The minimum absolute atomic E-state index is 0.0373. The number of rotatable bonds is 3. The molecule has 1 N–H and O–H groups in total. The quantitative estimate of drug-likeness (QED) is 0.913. The van der Waals surface area contributed by atoms with E-state index in [4.69, 9.17) is 5.11 Å².